The molecule has 0 aromatic heterocycles. The van der Waals surface area contributed by atoms with Crippen molar-refractivity contribution in [2.24, 2.45) is 5.92 Å². The van der Waals surface area contributed by atoms with E-state index in [1.165, 1.54) is 42.9 Å². The highest BCUT2D eigenvalue weighted by Gasteiger charge is 2.66. The van der Waals surface area contributed by atoms with Gasteiger partial charge in [0.2, 0.25) is 0 Å². The summed E-state index contributed by atoms with van der Waals surface area (Å²) in [5, 5.41) is 11.6. The van der Waals surface area contributed by atoms with Crippen LogP contribution in [0.15, 0.2) is 110 Å². The molecule has 4 aromatic rings. The lowest BCUT2D eigenvalue weighted by Gasteiger charge is -2.60. The van der Waals surface area contributed by atoms with Crippen molar-refractivity contribution in [1.29, 1.82) is 0 Å². The molecular formula is C47H54N2O4. The van der Waals surface area contributed by atoms with Crippen molar-refractivity contribution in [1.82, 2.24) is 9.80 Å². The summed E-state index contributed by atoms with van der Waals surface area (Å²) in [6.45, 7) is 9.19. The van der Waals surface area contributed by atoms with Gasteiger partial charge in [-0.1, -0.05) is 110 Å². The molecule has 0 unspecified atom stereocenters. The highest BCUT2D eigenvalue weighted by atomic mass is 16.6. The van der Waals surface area contributed by atoms with E-state index in [-0.39, 0.29) is 29.2 Å². The first-order valence-corrected chi connectivity index (χ1v) is 19.9. The van der Waals surface area contributed by atoms with Crippen molar-refractivity contribution in [2.75, 3.05) is 26.2 Å². The lowest BCUT2D eigenvalue weighted by atomic mass is 9.50. The van der Waals surface area contributed by atoms with Crippen LogP contribution in [0.2, 0.25) is 0 Å². The van der Waals surface area contributed by atoms with E-state index >= 15 is 0 Å². The van der Waals surface area contributed by atoms with E-state index in [1.807, 2.05) is 6.08 Å². The first kappa shape index (κ1) is 35.6. The van der Waals surface area contributed by atoms with Crippen LogP contribution in [-0.4, -0.2) is 65.2 Å². The van der Waals surface area contributed by atoms with Gasteiger partial charge in [-0.05, 0) is 80.6 Å². The van der Waals surface area contributed by atoms with Gasteiger partial charge in [-0.15, -0.1) is 6.58 Å². The summed E-state index contributed by atoms with van der Waals surface area (Å²) in [6, 6.07) is 34.9. The molecule has 2 bridgehead atoms. The van der Waals surface area contributed by atoms with Crippen LogP contribution in [0, 0.1) is 5.92 Å². The van der Waals surface area contributed by atoms with E-state index in [9.17, 15) is 9.90 Å². The van der Waals surface area contributed by atoms with E-state index < -0.39 is 5.97 Å². The summed E-state index contributed by atoms with van der Waals surface area (Å²) in [6.07, 6.45) is 11.6. The molecule has 1 saturated heterocycles. The number of esters is 1. The largest absolute Gasteiger partial charge is 0.508 e. The SMILES string of the molecule is C=CCN1CC[C@]23c4c5c(O)cc(OC(C)=O)c4O[C@H]2[C@H](N(CCCCCCc2ccccc2)CC(c2ccccc2)c2ccccc2)CC[C@H]3[C@H]1C5. The van der Waals surface area contributed by atoms with Crippen molar-refractivity contribution in [3.8, 4) is 17.2 Å². The third-order valence-electron chi connectivity index (χ3n) is 12.9. The minimum Gasteiger partial charge on any atom is -0.508 e. The molecule has 6 nitrogen and oxygen atoms in total. The van der Waals surface area contributed by atoms with Crippen LogP contribution < -0.4 is 9.47 Å². The molecule has 53 heavy (non-hydrogen) atoms. The predicted octanol–water partition coefficient (Wildman–Crippen LogP) is 8.85. The molecule has 4 aromatic carbocycles. The van der Waals surface area contributed by atoms with Crippen LogP contribution in [0.5, 0.6) is 17.2 Å². The number of carbonyl (C=O) groups excluding carboxylic acids is 1. The Labute approximate surface area is 315 Å². The Bertz CT molecular complexity index is 1840. The van der Waals surface area contributed by atoms with Gasteiger partial charge in [0, 0.05) is 60.6 Å². The molecular weight excluding hydrogens is 657 g/mol. The van der Waals surface area contributed by atoms with Crippen molar-refractivity contribution in [3.05, 3.63) is 138 Å². The van der Waals surface area contributed by atoms with Crippen LogP contribution in [0.1, 0.15) is 85.6 Å². The van der Waals surface area contributed by atoms with Gasteiger partial charge in [0.1, 0.15) is 11.9 Å². The number of ether oxygens (including phenoxy) is 2. The monoisotopic (exact) mass is 710 g/mol. The molecule has 1 saturated carbocycles. The Balaban J connectivity index is 1.14. The van der Waals surface area contributed by atoms with E-state index in [1.54, 1.807) is 6.07 Å². The first-order valence-electron chi connectivity index (χ1n) is 19.9. The Morgan fingerprint density at radius 1 is 0.981 bits per heavy atom. The maximum Gasteiger partial charge on any atom is 0.308 e. The number of carbonyl (C=O) groups is 1. The number of phenols is 1. The van der Waals surface area contributed by atoms with Gasteiger partial charge < -0.3 is 14.6 Å². The summed E-state index contributed by atoms with van der Waals surface area (Å²) in [5.74, 6) is 1.46. The summed E-state index contributed by atoms with van der Waals surface area (Å²) in [7, 11) is 0. The molecule has 2 aliphatic carbocycles. The van der Waals surface area contributed by atoms with E-state index in [0.717, 1.165) is 75.8 Å². The fourth-order valence-electron chi connectivity index (χ4n) is 10.7. The number of aromatic hydroxyl groups is 1. The number of piperidine rings is 1. The molecule has 0 amide bonds. The first-order chi connectivity index (χ1) is 26.0. The molecule has 2 heterocycles. The van der Waals surface area contributed by atoms with Crippen molar-refractivity contribution in [3.63, 3.8) is 0 Å². The molecule has 276 valence electrons. The van der Waals surface area contributed by atoms with Gasteiger partial charge in [-0.25, -0.2) is 0 Å². The minimum atomic E-state index is -0.401. The zero-order valence-electron chi connectivity index (χ0n) is 31.2. The lowest BCUT2D eigenvalue weighted by Crippen LogP contribution is -2.69. The van der Waals surface area contributed by atoms with Crippen LogP contribution >= 0.6 is 0 Å². The smallest absolute Gasteiger partial charge is 0.308 e. The molecule has 6 heteroatoms. The molecule has 2 fully saturated rings. The second-order valence-electron chi connectivity index (χ2n) is 15.8. The predicted molar refractivity (Wildman–Crippen MR) is 211 cm³/mol. The average molecular weight is 711 g/mol. The molecule has 1 N–H and O–H groups in total. The molecule has 8 rings (SSSR count). The molecule has 4 aliphatic rings. The van der Waals surface area contributed by atoms with Crippen LogP contribution in [0.4, 0.5) is 0 Å². The Hall–Kier alpha value is -4.39. The van der Waals surface area contributed by atoms with Crippen LogP contribution in [0.25, 0.3) is 0 Å². The molecule has 2 aliphatic heterocycles. The van der Waals surface area contributed by atoms with Crippen LogP contribution in [0.3, 0.4) is 0 Å². The highest BCUT2D eigenvalue weighted by molar-refractivity contribution is 5.73. The van der Waals surface area contributed by atoms with Crippen molar-refractivity contribution >= 4 is 5.97 Å². The van der Waals surface area contributed by atoms with Gasteiger partial charge in [0.25, 0.3) is 0 Å². The number of likely N-dealkylation sites (tertiary alicyclic amines) is 1. The average Bonchev–Trinajstić information content (AvgIpc) is 3.52. The zero-order chi connectivity index (χ0) is 36.4. The van der Waals surface area contributed by atoms with Crippen molar-refractivity contribution in [2.45, 2.75) is 94.2 Å². The fourth-order valence-corrected chi connectivity index (χ4v) is 10.7. The lowest BCUT2D eigenvalue weighted by molar-refractivity contribution is -0.132. The Kier molecular flexibility index (Phi) is 10.4. The number of hydrogen-bond acceptors (Lipinski definition) is 6. The maximum absolute atomic E-state index is 12.4. The third kappa shape index (κ3) is 6.81. The van der Waals surface area contributed by atoms with Gasteiger partial charge in [-0.2, -0.15) is 0 Å². The zero-order valence-corrected chi connectivity index (χ0v) is 31.2. The molecule has 0 radical (unpaired) electrons. The number of hydrogen-bond donors (Lipinski definition) is 1. The van der Waals surface area contributed by atoms with Gasteiger partial charge in [0.05, 0.1) is 0 Å². The van der Waals surface area contributed by atoms with Gasteiger partial charge >= 0.3 is 5.97 Å². The fraction of sp³-hybridized carbons (Fsp3) is 0.426. The Morgan fingerprint density at radius 2 is 1.66 bits per heavy atom. The quantitative estimate of drug-likeness (QED) is 0.0576. The Morgan fingerprint density at radius 3 is 2.34 bits per heavy atom. The number of benzene rings is 4. The number of unbranched alkanes of at least 4 members (excludes halogenated alkanes) is 3. The molecule has 1 spiro atoms. The summed E-state index contributed by atoms with van der Waals surface area (Å²) in [5.41, 5.74) is 5.91. The number of aryl methyl sites for hydroxylation is 1. The topological polar surface area (TPSA) is 62.2 Å². The van der Waals surface area contributed by atoms with E-state index in [4.69, 9.17) is 9.47 Å². The molecule has 5 atom stereocenters. The summed E-state index contributed by atoms with van der Waals surface area (Å²) < 4.78 is 13.1. The number of nitrogens with zero attached hydrogens (tertiary/aromatic N) is 2. The number of phenolic OH excluding ortho intramolecular Hbond substituents is 1. The second-order valence-corrected chi connectivity index (χ2v) is 15.8. The summed E-state index contributed by atoms with van der Waals surface area (Å²) in [4.78, 5) is 17.7. The van der Waals surface area contributed by atoms with E-state index in [2.05, 4.69) is 107 Å². The standard InChI is InChI=1S/C47H54N2O4/c1-3-27-48-29-26-47-39-24-25-40(46(47)53-45-43(52-33(2)50)31-42(51)37(44(45)47)30-41(39)48)49(28-16-5-4-9-17-34-18-10-6-11-19-34)32-38(35-20-12-7-13-21-35)36-22-14-8-15-23-36/h3,6-8,10-15,18-23,31,38-41,46,51H,1,4-5,9,16-17,24-30,32H2,2H3/t39-,40+,41+,46-,47-/m0/s1. The number of rotatable bonds is 15. The van der Waals surface area contributed by atoms with E-state index in [0.29, 0.717) is 23.5 Å². The normalized spacial score (nSPS) is 24.1. The van der Waals surface area contributed by atoms with Gasteiger partial charge in [-0.3, -0.25) is 14.6 Å². The third-order valence-corrected chi connectivity index (χ3v) is 12.9. The maximum atomic E-state index is 12.4. The van der Waals surface area contributed by atoms with Crippen LogP contribution in [-0.2, 0) is 23.1 Å². The highest BCUT2D eigenvalue weighted by Crippen LogP contribution is 2.65. The summed E-state index contributed by atoms with van der Waals surface area (Å²) >= 11 is 0. The second kappa shape index (κ2) is 15.5. The van der Waals surface area contributed by atoms with Crippen molar-refractivity contribution < 1.29 is 19.4 Å². The van der Waals surface area contributed by atoms with Gasteiger partial charge in [0.15, 0.2) is 11.5 Å². The minimum absolute atomic E-state index is 0.106.